The Morgan fingerprint density at radius 2 is 2.33 bits per heavy atom. The van der Waals surface area contributed by atoms with Gasteiger partial charge in [0.1, 0.15) is 5.82 Å². The molecule has 0 bridgehead atoms. The van der Waals surface area contributed by atoms with Crippen LogP contribution in [0.4, 0.5) is 11.6 Å². The first-order valence-corrected chi connectivity index (χ1v) is 8.53. The van der Waals surface area contributed by atoms with Gasteiger partial charge in [-0.05, 0) is 34.0 Å². The van der Waals surface area contributed by atoms with Gasteiger partial charge in [-0.3, -0.25) is 4.98 Å². The highest BCUT2D eigenvalue weighted by Crippen LogP contribution is 2.24. The molecule has 3 aromatic heterocycles. The first kappa shape index (κ1) is 15.2. The smallest absolute Gasteiger partial charge is 0.173 e. The molecule has 1 aliphatic heterocycles. The van der Waals surface area contributed by atoms with E-state index in [1.54, 1.807) is 16.9 Å². The molecule has 7 nitrogen and oxygen atoms in total. The van der Waals surface area contributed by atoms with Crippen molar-refractivity contribution in [3.05, 3.63) is 46.8 Å². The summed E-state index contributed by atoms with van der Waals surface area (Å²) in [4.78, 5) is 13.4. The fraction of sp³-hybridized carbons (Fsp3) is 0.250. The lowest BCUT2D eigenvalue weighted by Gasteiger charge is -2.09. The average Bonchev–Trinajstić information content (AvgIpc) is 3.24. The highest BCUT2D eigenvalue weighted by molar-refractivity contribution is 9.10. The van der Waals surface area contributed by atoms with Crippen LogP contribution in [0.3, 0.4) is 0 Å². The molecule has 122 valence electrons. The molecule has 3 aromatic rings. The normalized spacial score (nSPS) is 16.1. The second kappa shape index (κ2) is 6.66. The van der Waals surface area contributed by atoms with Crippen LogP contribution in [0, 0.1) is 0 Å². The Balaban J connectivity index is 1.68. The van der Waals surface area contributed by atoms with Gasteiger partial charge in [0.15, 0.2) is 11.5 Å². The van der Waals surface area contributed by atoms with Crippen molar-refractivity contribution >= 4 is 38.9 Å². The van der Waals surface area contributed by atoms with Gasteiger partial charge in [-0.2, -0.15) is 9.61 Å². The van der Waals surface area contributed by atoms with E-state index in [2.05, 4.69) is 46.6 Å². The van der Waals surface area contributed by atoms with E-state index in [1.807, 2.05) is 24.4 Å². The third-order valence-corrected chi connectivity index (χ3v) is 4.36. The Labute approximate surface area is 147 Å². The van der Waals surface area contributed by atoms with E-state index < -0.39 is 0 Å². The van der Waals surface area contributed by atoms with Crippen molar-refractivity contribution < 1.29 is 0 Å². The van der Waals surface area contributed by atoms with Crippen LogP contribution in [0.5, 0.6) is 0 Å². The zero-order valence-corrected chi connectivity index (χ0v) is 14.5. The van der Waals surface area contributed by atoms with Crippen molar-refractivity contribution in [1.29, 1.82) is 0 Å². The number of aromatic nitrogens is 4. The largest absolute Gasteiger partial charge is 0.366 e. The van der Waals surface area contributed by atoms with Crippen molar-refractivity contribution in [1.82, 2.24) is 24.9 Å². The molecule has 8 heteroatoms. The van der Waals surface area contributed by atoms with E-state index in [4.69, 9.17) is 0 Å². The Bertz CT molecular complexity index is 880. The second-order valence-electron chi connectivity index (χ2n) is 5.55. The maximum absolute atomic E-state index is 4.67. The topological polar surface area (TPSA) is 79.5 Å². The minimum atomic E-state index is 0.655. The Morgan fingerprint density at radius 3 is 3.12 bits per heavy atom. The maximum Gasteiger partial charge on any atom is 0.173 e. The van der Waals surface area contributed by atoms with Crippen molar-refractivity contribution in [2.45, 2.75) is 13.0 Å². The minimum Gasteiger partial charge on any atom is -0.366 e. The molecule has 0 unspecified atom stereocenters. The predicted octanol–water partition coefficient (Wildman–Crippen LogP) is 2.56. The van der Waals surface area contributed by atoms with Crippen LogP contribution >= 0.6 is 15.9 Å². The molecule has 0 atom stereocenters. The van der Waals surface area contributed by atoms with Crippen LogP contribution in [-0.2, 0) is 6.54 Å². The highest BCUT2D eigenvalue weighted by atomic mass is 79.9. The van der Waals surface area contributed by atoms with E-state index in [9.17, 15) is 0 Å². The van der Waals surface area contributed by atoms with E-state index in [0.29, 0.717) is 12.4 Å². The summed E-state index contributed by atoms with van der Waals surface area (Å²) in [5.41, 5.74) is 2.97. The molecule has 0 spiro atoms. The van der Waals surface area contributed by atoms with Gasteiger partial charge in [-0.25, -0.2) is 9.98 Å². The summed E-state index contributed by atoms with van der Waals surface area (Å²) < 4.78 is 2.62. The van der Waals surface area contributed by atoms with Crippen molar-refractivity contribution in [3.8, 4) is 0 Å². The van der Waals surface area contributed by atoms with Gasteiger partial charge < -0.3 is 10.6 Å². The van der Waals surface area contributed by atoms with Gasteiger partial charge in [0, 0.05) is 43.8 Å². The molecule has 2 N–H and O–H groups in total. The summed E-state index contributed by atoms with van der Waals surface area (Å²) in [5.74, 6) is 1.54. The van der Waals surface area contributed by atoms with Gasteiger partial charge in [0.25, 0.3) is 0 Å². The highest BCUT2D eigenvalue weighted by Gasteiger charge is 2.12. The van der Waals surface area contributed by atoms with Crippen molar-refractivity contribution in [3.63, 3.8) is 0 Å². The zero-order chi connectivity index (χ0) is 16.4. The summed E-state index contributed by atoms with van der Waals surface area (Å²) in [5, 5.41) is 11.1. The van der Waals surface area contributed by atoms with Crippen LogP contribution < -0.4 is 10.6 Å². The molecular weight excluding hydrogens is 370 g/mol. The van der Waals surface area contributed by atoms with Gasteiger partial charge in [-0.15, -0.1) is 0 Å². The number of nitrogens with zero attached hydrogens (tertiary/aromatic N) is 5. The summed E-state index contributed by atoms with van der Waals surface area (Å²) in [6.45, 7) is 2.46. The summed E-state index contributed by atoms with van der Waals surface area (Å²) in [6.07, 6.45) is 6.32. The Kier molecular flexibility index (Phi) is 4.22. The summed E-state index contributed by atoms with van der Waals surface area (Å²) in [7, 11) is 0. The molecule has 0 amide bonds. The molecule has 0 saturated carbocycles. The van der Waals surface area contributed by atoms with Gasteiger partial charge in [0.05, 0.1) is 10.7 Å². The minimum absolute atomic E-state index is 0.655. The number of pyridine rings is 1. The second-order valence-corrected chi connectivity index (χ2v) is 6.40. The van der Waals surface area contributed by atoms with E-state index in [0.717, 1.165) is 46.7 Å². The SMILES string of the molecule is Brc1cnn2c(NCc3cccnc3)cc(/N=C3/CCNC3)nc12. The summed E-state index contributed by atoms with van der Waals surface area (Å²) in [6, 6.07) is 5.88. The fourth-order valence-corrected chi connectivity index (χ4v) is 2.96. The Morgan fingerprint density at radius 1 is 1.38 bits per heavy atom. The summed E-state index contributed by atoms with van der Waals surface area (Å²) >= 11 is 3.50. The fourth-order valence-electron chi connectivity index (χ4n) is 2.61. The van der Waals surface area contributed by atoms with E-state index >= 15 is 0 Å². The van der Waals surface area contributed by atoms with Crippen LogP contribution in [0.2, 0.25) is 0 Å². The maximum atomic E-state index is 4.67. The molecule has 0 radical (unpaired) electrons. The lowest BCUT2D eigenvalue weighted by Crippen LogP contribution is -2.08. The lowest BCUT2D eigenvalue weighted by molar-refractivity contribution is 0.863. The molecule has 1 fully saturated rings. The number of aliphatic imine (C=N–C) groups is 1. The zero-order valence-electron chi connectivity index (χ0n) is 12.9. The average molecular weight is 386 g/mol. The van der Waals surface area contributed by atoms with E-state index in [1.165, 1.54) is 0 Å². The predicted molar refractivity (Wildman–Crippen MR) is 96.8 cm³/mol. The van der Waals surface area contributed by atoms with E-state index in [-0.39, 0.29) is 0 Å². The number of nitrogens with one attached hydrogen (secondary N) is 2. The Hall–Kier alpha value is -2.32. The molecular formula is C16H16BrN7. The quantitative estimate of drug-likeness (QED) is 0.721. The third kappa shape index (κ3) is 3.15. The van der Waals surface area contributed by atoms with Crippen LogP contribution in [0.15, 0.2) is 46.3 Å². The van der Waals surface area contributed by atoms with Crippen LogP contribution in [0.1, 0.15) is 12.0 Å². The third-order valence-electron chi connectivity index (χ3n) is 3.80. The molecule has 1 aliphatic rings. The number of hydrogen-bond acceptors (Lipinski definition) is 6. The number of fused-ring (bicyclic) bond motifs is 1. The molecule has 0 aromatic carbocycles. The molecule has 4 heterocycles. The van der Waals surface area contributed by atoms with Crippen molar-refractivity contribution in [2.24, 2.45) is 4.99 Å². The van der Waals surface area contributed by atoms with Crippen LogP contribution in [0.25, 0.3) is 5.65 Å². The van der Waals surface area contributed by atoms with Gasteiger partial charge in [-0.1, -0.05) is 6.07 Å². The van der Waals surface area contributed by atoms with Gasteiger partial charge in [0.2, 0.25) is 0 Å². The van der Waals surface area contributed by atoms with Crippen molar-refractivity contribution in [2.75, 3.05) is 18.4 Å². The standard InChI is InChI=1S/C16H16BrN7/c17-13-10-21-24-15(20-8-11-2-1-4-18-7-11)6-14(23-16(13)24)22-12-3-5-19-9-12/h1-2,4,6-7,10,19-20H,3,5,8-9H2/b22-12-. The molecule has 24 heavy (non-hydrogen) atoms. The number of anilines is 1. The monoisotopic (exact) mass is 385 g/mol. The molecule has 1 saturated heterocycles. The lowest BCUT2D eigenvalue weighted by atomic mass is 10.3. The first-order chi connectivity index (χ1) is 11.8. The van der Waals surface area contributed by atoms with Crippen LogP contribution in [-0.4, -0.2) is 38.4 Å². The molecule has 0 aliphatic carbocycles. The molecule has 4 rings (SSSR count). The number of hydrogen-bond donors (Lipinski definition) is 2. The first-order valence-electron chi connectivity index (χ1n) is 7.74. The van der Waals surface area contributed by atoms with Gasteiger partial charge >= 0.3 is 0 Å². The number of rotatable bonds is 4. The number of halogens is 1.